The number of aliphatic carboxylic acids is 1. The third kappa shape index (κ3) is 1.92. The average molecular weight is 241 g/mol. The highest BCUT2D eigenvalue weighted by molar-refractivity contribution is 6.32. The fourth-order valence-electron chi connectivity index (χ4n) is 1.40. The Morgan fingerprint density at radius 3 is 2.56 bits per heavy atom. The van der Waals surface area contributed by atoms with Crippen LogP contribution in [-0.4, -0.2) is 15.6 Å². The lowest BCUT2D eigenvalue weighted by Crippen LogP contribution is -2.29. The summed E-state index contributed by atoms with van der Waals surface area (Å²) in [5.41, 5.74) is 0.0000205. The number of carboxylic acid groups (broad SMARTS) is 1. The van der Waals surface area contributed by atoms with Gasteiger partial charge in [-0.1, -0.05) is 11.6 Å². The molecule has 5 nitrogen and oxygen atoms in total. The Morgan fingerprint density at radius 2 is 2.12 bits per heavy atom. The maximum absolute atomic E-state index is 11.7. The van der Waals surface area contributed by atoms with Crippen LogP contribution in [0.1, 0.15) is 16.8 Å². The first-order chi connectivity index (χ1) is 7.40. The number of nitrogens with zero attached hydrogens (tertiary/aromatic N) is 2. The van der Waals surface area contributed by atoms with E-state index in [0.717, 1.165) is 4.57 Å². The van der Waals surface area contributed by atoms with E-state index in [4.69, 9.17) is 22.0 Å². The Bertz CT molecular complexity index is 555. The van der Waals surface area contributed by atoms with Gasteiger partial charge in [-0.3, -0.25) is 14.2 Å². The highest BCUT2D eigenvalue weighted by atomic mass is 35.5. The highest BCUT2D eigenvalue weighted by Crippen LogP contribution is 2.20. The summed E-state index contributed by atoms with van der Waals surface area (Å²) >= 11 is 5.92. The van der Waals surface area contributed by atoms with Gasteiger partial charge >= 0.3 is 5.97 Å². The molecule has 16 heavy (non-hydrogen) atoms. The van der Waals surface area contributed by atoms with Gasteiger partial charge in [0, 0.05) is 5.69 Å². The third-order valence-electron chi connectivity index (χ3n) is 2.29. The average Bonchev–Trinajstić information content (AvgIpc) is 2.22. The van der Waals surface area contributed by atoms with Crippen molar-refractivity contribution >= 4 is 17.6 Å². The van der Waals surface area contributed by atoms with Gasteiger partial charge in [0.25, 0.3) is 5.56 Å². The van der Waals surface area contributed by atoms with Crippen molar-refractivity contribution in [3.63, 3.8) is 0 Å². The molecule has 0 unspecified atom stereocenters. The number of halogens is 1. The zero-order chi connectivity index (χ0) is 12.5. The molecule has 0 amide bonds. The van der Waals surface area contributed by atoms with E-state index in [2.05, 4.69) is 0 Å². The predicted octanol–water partition coefficient (Wildman–Crippen LogP) is 1.07. The molecule has 0 radical (unpaired) electrons. The molecule has 0 atom stereocenters. The zero-order valence-electron chi connectivity index (χ0n) is 8.74. The van der Waals surface area contributed by atoms with Crippen LogP contribution in [0.4, 0.5) is 0 Å². The Kier molecular flexibility index (Phi) is 3.35. The molecule has 0 aliphatic carbocycles. The Labute approximate surface area is 96.5 Å². The van der Waals surface area contributed by atoms with Crippen LogP contribution in [0.15, 0.2) is 4.79 Å². The number of carbonyl (C=O) groups is 1. The van der Waals surface area contributed by atoms with Gasteiger partial charge in [0.15, 0.2) is 0 Å². The van der Waals surface area contributed by atoms with Crippen molar-refractivity contribution < 1.29 is 9.90 Å². The van der Waals surface area contributed by atoms with E-state index in [0.29, 0.717) is 11.3 Å². The number of hydrogen-bond donors (Lipinski definition) is 1. The van der Waals surface area contributed by atoms with Gasteiger partial charge in [0.2, 0.25) is 0 Å². The lowest BCUT2D eigenvalue weighted by molar-refractivity contribution is -0.137. The molecule has 0 aliphatic rings. The molecule has 0 saturated heterocycles. The van der Waals surface area contributed by atoms with Crippen LogP contribution in [0, 0.1) is 25.2 Å². The largest absolute Gasteiger partial charge is 0.480 e. The number of nitriles is 1. The monoisotopic (exact) mass is 240 g/mol. The summed E-state index contributed by atoms with van der Waals surface area (Å²) in [5, 5.41) is 17.7. The van der Waals surface area contributed by atoms with Gasteiger partial charge < -0.3 is 5.11 Å². The van der Waals surface area contributed by atoms with Crippen molar-refractivity contribution in [2.24, 2.45) is 0 Å². The number of carboxylic acids is 1. The van der Waals surface area contributed by atoms with Gasteiger partial charge in [0.05, 0.1) is 5.02 Å². The molecule has 0 aromatic carbocycles. The Balaban J connectivity index is 3.64. The molecule has 0 spiro atoms. The van der Waals surface area contributed by atoms with Crippen LogP contribution in [0.5, 0.6) is 0 Å². The number of rotatable bonds is 2. The quantitative estimate of drug-likeness (QED) is 0.838. The minimum absolute atomic E-state index is 0.114. The van der Waals surface area contributed by atoms with E-state index in [9.17, 15) is 9.59 Å². The van der Waals surface area contributed by atoms with Crippen molar-refractivity contribution in [3.05, 3.63) is 32.2 Å². The van der Waals surface area contributed by atoms with Crippen molar-refractivity contribution in [1.29, 1.82) is 5.26 Å². The van der Waals surface area contributed by atoms with Crippen LogP contribution in [-0.2, 0) is 11.3 Å². The molecule has 1 rings (SSSR count). The predicted molar refractivity (Wildman–Crippen MR) is 57.5 cm³/mol. The van der Waals surface area contributed by atoms with E-state index in [1.165, 1.54) is 0 Å². The molecule has 0 aliphatic heterocycles. The zero-order valence-corrected chi connectivity index (χ0v) is 9.50. The second kappa shape index (κ2) is 4.37. The molecular weight excluding hydrogens is 232 g/mol. The first kappa shape index (κ1) is 12.3. The molecule has 1 aromatic heterocycles. The standard InChI is InChI=1S/C10H9ClN2O3/c1-5-7(3-12)10(16)13(4-8(14)15)6(2)9(5)11/h4H2,1-2H3,(H,14,15). The molecule has 0 bridgehead atoms. The molecule has 84 valence electrons. The SMILES string of the molecule is Cc1c(Cl)c(C)n(CC(=O)O)c(=O)c1C#N. The fourth-order valence-corrected chi connectivity index (χ4v) is 1.60. The molecule has 1 aromatic rings. The van der Waals surface area contributed by atoms with Gasteiger partial charge in [-0.15, -0.1) is 0 Å². The molecule has 6 heteroatoms. The van der Waals surface area contributed by atoms with Crippen molar-refractivity contribution in [2.45, 2.75) is 20.4 Å². The molecule has 0 saturated carbocycles. The minimum Gasteiger partial charge on any atom is -0.480 e. The van der Waals surface area contributed by atoms with Crippen molar-refractivity contribution in [3.8, 4) is 6.07 Å². The topological polar surface area (TPSA) is 83.1 Å². The van der Waals surface area contributed by atoms with E-state index < -0.39 is 18.1 Å². The summed E-state index contributed by atoms with van der Waals surface area (Å²) < 4.78 is 0.982. The van der Waals surface area contributed by atoms with Gasteiger partial charge in [-0.05, 0) is 19.4 Å². The molecular formula is C10H9ClN2O3. The van der Waals surface area contributed by atoms with Crippen LogP contribution in [0.2, 0.25) is 5.02 Å². The smallest absolute Gasteiger partial charge is 0.323 e. The van der Waals surface area contributed by atoms with E-state index in [-0.39, 0.29) is 10.6 Å². The van der Waals surface area contributed by atoms with E-state index in [1.54, 1.807) is 19.9 Å². The Hall–Kier alpha value is -1.80. The molecule has 1 heterocycles. The summed E-state index contributed by atoms with van der Waals surface area (Å²) in [4.78, 5) is 22.3. The number of aromatic nitrogens is 1. The summed E-state index contributed by atoms with van der Waals surface area (Å²) in [6.07, 6.45) is 0. The maximum atomic E-state index is 11.7. The molecule has 0 fully saturated rings. The normalized spacial score (nSPS) is 9.88. The van der Waals surface area contributed by atoms with Crippen molar-refractivity contribution in [2.75, 3.05) is 0 Å². The highest BCUT2D eigenvalue weighted by Gasteiger charge is 2.16. The minimum atomic E-state index is -1.16. The second-order valence-corrected chi connectivity index (χ2v) is 3.67. The summed E-state index contributed by atoms with van der Waals surface area (Å²) in [6.45, 7) is 2.60. The van der Waals surface area contributed by atoms with E-state index in [1.807, 2.05) is 0 Å². The third-order valence-corrected chi connectivity index (χ3v) is 2.85. The maximum Gasteiger partial charge on any atom is 0.323 e. The van der Waals surface area contributed by atoms with Gasteiger partial charge in [0.1, 0.15) is 18.2 Å². The molecule has 1 N–H and O–H groups in total. The number of pyridine rings is 1. The van der Waals surface area contributed by atoms with E-state index >= 15 is 0 Å². The van der Waals surface area contributed by atoms with Gasteiger partial charge in [-0.2, -0.15) is 5.26 Å². The van der Waals surface area contributed by atoms with Crippen LogP contribution in [0.25, 0.3) is 0 Å². The van der Waals surface area contributed by atoms with Crippen LogP contribution >= 0.6 is 11.6 Å². The van der Waals surface area contributed by atoms with Crippen LogP contribution in [0.3, 0.4) is 0 Å². The van der Waals surface area contributed by atoms with Crippen molar-refractivity contribution in [1.82, 2.24) is 4.57 Å². The summed E-state index contributed by atoms with van der Waals surface area (Å²) in [5.74, 6) is -1.16. The number of hydrogen-bond acceptors (Lipinski definition) is 3. The van der Waals surface area contributed by atoms with Crippen LogP contribution < -0.4 is 5.56 Å². The van der Waals surface area contributed by atoms with Gasteiger partial charge in [-0.25, -0.2) is 0 Å². The fraction of sp³-hybridized carbons (Fsp3) is 0.300. The Morgan fingerprint density at radius 1 is 1.56 bits per heavy atom. The first-order valence-corrected chi connectivity index (χ1v) is 4.79. The lowest BCUT2D eigenvalue weighted by atomic mass is 10.1. The second-order valence-electron chi connectivity index (χ2n) is 3.30. The summed E-state index contributed by atoms with van der Waals surface area (Å²) in [7, 11) is 0. The first-order valence-electron chi connectivity index (χ1n) is 4.41. The lowest BCUT2D eigenvalue weighted by Gasteiger charge is -2.11. The summed E-state index contributed by atoms with van der Waals surface area (Å²) in [6, 6.07) is 1.73.